The molecule has 0 aliphatic rings. The molecule has 2 N–H and O–H groups in total. The zero-order chi connectivity index (χ0) is 18.7. The first-order chi connectivity index (χ1) is 11.8. The van der Waals surface area contributed by atoms with Crippen molar-refractivity contribution in [1.29, 1.82) is 0 Å². The highest BCUT2D eigenvalue weighted by Crippen LogP contribution is 2.36. The molecule has 0 aliphatic heterocycles. The molecule has 2 rings (SSSR count). The van der Waals surface area contributed by atoms with Gasteiger partial charge in [-0.1, -0.05) is 24.6 Å². The molecule has 0 radical (unpaired) electrons. The zero-order valence-electron chi connectivity index (χ0n) is 14.1. The smallest absolute Gasteiger partial charge is 0.256 e. The van der Waals surface area contributed by atoms with Crippen LogP contribution in [-0.2, 0) is 0 Å². The molecular formula is C18H19ClF2N2O2. The Bertz CT molecular complexity index is 797. The SMILES string of the molecule is CC[C@@H](N)c1ccc(Cl)c(Oc2ccc(F)c(C(=O)N(C)C)c2)c1F. The second-order valence-electron chi connectivity index (χ2n) is 5.74. The quantitative estimate of drug-likeness (QED) is 0.844. The highest BCUT2D eigenvalue weighted by molar-refractivity contribution is 6.32. The van der Waals surface area contributed by atoms with E-state index >= 15 is 0 Å². The third kappa shape index (κ3) is 4.08. The Morgan fingerprint density at radius 2 is 1.96 bits per heavy atom. The van der Waals surface area contributed by atoms with E-state index in [1.807, 2.05) is 6.92 Å². The molecule has 0 bridgehead atoms. The molecule has 25 heavy (non-hydrogen) atoms. The molecule has 0 unspecified atom stereocenters. The van der Waals surface area contributed by atoms with E-state index in [9.17, 15) is 13.6 Å². The normalized spacial score (nSPS) is 12.0. The molecule has 2 aromatic carbocycles. The van der Waals surface area contributed by atoms with Crippen LogP contribution in [-0.4, -0.2) is 24.9 Å². The molecule has 1 amide bonds. The van der Waals surface area contributed by atoms with Crippen LogP contribution in [0.25, 0.3) is 0 Å². The van der Waals surface area contributed by atoms with E-state index in [-0.39, 0.29) is 27.6 Å². The largest absolute Gasteiger partial charge is 0.453 e. The number of amides is 1. The van der Waals surface area contributed by atoms with Crippen LogP contribution in [0, 0.1) is 11.6 Å². The summed E-state index contributed by atoms with van der Waals surface area (Å²) in [6, 6.07) is 6.08. The molecular weight excluding hydrogens is 350 g/mol. The number of hydrogen-bond donors (Lipinski definition) is 1. The summed E-state index contributed by atoms with van der Waals surface area (Å²) in [6.07, 6.45) is 0.538. The van der Waals surface area contributed by atoms with Crippen molar-refractivity contribution in [2.45, 2.75) is 19.4 Å². The molecule has 0 aliphatic carbocycles. The molecule has 0 saturated heterocycles. The van der Waals surface area contributed by atoms with Gasteiger partial charge >= 0.3 is 0 Å². The number of nitrogens with two attached hydrogens (primary N) is 1. The van der Waals surface area contributed by atoms with Crippen molar-refractivity contribution in [3.8, 4) is 11.5 Å². The van der Waals surface area contributed by atoms with Gasteiger partial charge in [0.05, 0.1) is 10.6 Å². The van der Waals surface area contributed by atoms with Gasteiger partial charge in [-0.3, -0.25) is 4.79 Å². The van der Waals surface area contributed by atoms with Crippen LogP contribution >= 0.6 is 11.6 Å². The molecule has 0 saturated carbocycles. The number of benzene rings is 2. The average molecular weight is 369 g/mol. The van der Waals surface area contributed by atoms with Crippen LogP contribution in [0.1, 0.15) is 35.3 Å². The molecule has 0 aromatic heterocycles. The molecule has 2 aromatic rings. The number of nitrogens with zero attached hydrogens (tertiary/aromatic N) is 1. The lowest BCUT2D eigenvalue weighted by atomic mass is 10.0. The standard InChI is InChI=1S/C18H19ClF2N2O2/c1-4-15(22)11-6-7-13(19)17(16(11)21)25-10-5-8-14(20)12(9-10)18(24)23(2)3/h5-9,15H,4,22H2,1-3H3/t15-/m1/s1. The monoisotopic (exact) mass is 368 g/mol. The van der Waals surface area contributed by atoms with Crippen molar-refractivity contribution in [3.05, 3.63) is 58.1 Å². The Hall–Kier alpha value is -2.18. The van der Waals surface area contributed by atoms with E-state index in [0.29, 0.717) is 6.42 Å². The molecule has 4 nitrogen and oxygen atoms in total. The van der Waals surface area contributed by atoms with Crippen molar-refractivity contribution >= 4 is 17.5 Å². The van der Waals surface area contributed by atoms with Crippen LogP contribution in [0.3, 0.4) is 0 Å². The van der Waals surface area contributed by atoms with Crippen molar-refractivity contribution in [1.82, 2.24) is 4.90 Å². The minimum Gasteiger partial charge on any atom is -0.453 e. The predicted octanol–water partition coefficient (Wildman–Crippen LogP) is 4.52. The Morgan fingerprint density at radius 1 is 1.28 bits per heavy atom. The zero-order valence-corrected chi connectivity index (χ0v) is 14.9. The highest BCUT2D eigenvalue weighted by atomic mass is 35.5. The van der Waals surface area contributed by atoms with E-state index in [1.54, 1.807) is 0 Å². The summed E-state index contributed by atoms with van der Waals surface area (Å²) in [5, 5.41) is 0.0503. The van der Waals surface area contributed by atoms with Crippen LogP contribution in [0.5, 0.6) is 11.5 Å². The summed E-state index contributed by atoms with van der Waals surface area (Å²) in [6.45, 7) is 1.83. The van der Waals surface area contributed by atoms with Gasteiger partial charge in [-0.05, 0) is 30.7 Å². The van der Waals surface area contributed by atoms with Gasteiger partial charge in [-0.2, -0.15) is 0 Å². The summed E-state index contributed by atoms with van der Waals surface area (Å²) < 4.78 is 34.1. The van der Waals surface area contributed by atoms with Gasteiger partial charge in [0.1, 0.15) is 11.6 Å². The first-order valence-corrected chi connectivity index (χ1v) is 8.06. The lowest BCUT2D eigenvalue weighted by Gasteiger charge is -2.16. The predicted molar refractivity (Wildman–Crippen MR) is 93.1 cm³/mol. The van der Waals surface area contributed by atoms with E-state index in [2.05, 4.69) is 0 Å². The molecule has 0 fully saturated rings. The average Bonchev–Trinajstić information content (AvgIpc) is 2.58. The first-order valence-electron chi connectivity index (χ1n) is 7.68. The molecule has 0 heterocycles. The fourth-order valence-electron chi connectivity index (χ4n) is 2.24. The lowest BCUT2D eigenvalue weighted by Crippen LogP contribution is -2.22. The van der Waals surface area contributed by atoms with E-state index in [0.717, 1.165) is 6.07 Å². The van der Waals surface area contributed by atoms with Gasteiger partial charge in [0.2, 0.25) is 0 Å². The summed E-state index contributed by atoms with van der Waals surface area (Å²) in [5.74, 6) is -2.02. The van der Waals surface area contributed by atoms with Gasteiger partial charge in [0.25, 0.3) is 5.91 Å². The highest BCUT2D eigenvalue weighted by Gasteiger charge is 2.20. The minimum atomic E-state index is -0.695. The van der Waals surface area contributed by atoms with Crippen molar-refractivity contribution in [3.63, 3.8) is 0 Å². The number of carbonyl (C=O) groups excluding carboxylic acids is 1. The Labute approximate surface area is 150 Å². The minimum absolute atomic E-state index is 0.0503. The fraction of sp³-hybridized carbons (Fsp3) is 0.278. The first kappa shape index (κ1) is 19.1. The van der Waals surface area contributed by atoms with Gasteiger partial charge in [-0.25, -0.2) is 8.78 Å². The lowest BCUT2D eigenvalue weighted by molar-refractivity contribution is 0.0822. The maximum Gasteiger partial charge on any atom is 0.256 e. The molecule has 1 atom stereocenters. The van der Waals surface area contributed by atoms with Gasteiger partial charge in [0, 0.05) is 25.7 Å². The van der Waals surface area contributed by atoms with E-state index < -0.39 is 23.6 Å². The number of halogens is 3. The molecule has 7 heteroatoms. The van der Waals surface area contributed by atoms with E-state index in [1.165, 1.54) is 43.3 Å². The van der Waals surface area contributed by atoms with Crippen molar-refractivity contribution < 1.29 is 18.3 Å². The Balaban J connectivity index is 2.44. The Morgan fingerprint density at radius 3 is 2.56 bits per heavy atom. The summed E-state index contributed by atoms with van der Waals surface area (Å²) in [7, 11) is 3.00. The topological polar surface area (TPSA) is 55.6 Å². The van der Waals surface area contributed by atoms with Gasteiger partial charge in [0.15, 0.2) is 11.6 Å². The molecule has 134 valence electrons. The second-order valence-corrected chi connectivity index (χ2v) is 6.14. The summed E-state index contributed by atoms with van der Waals surface area (Å²) in [5.41, 5.74) is 5.98. The fourth-order valence-corrected chi connectivity index (χ4v) is 2.42. The third-order valence-electron chi connectivity index (χ3n) is 3.71. The number of rotatable bonds is 5. The van der Waals surface area contributed by atoms with Gasteiger partial charge in [-0.15, -0.1) is 0 Å². The van der Waals surface area contributed by atoms with E-state index in [4.69, 9.17) is 22.1 Å². The van der Waals surface area contributed by atoms with Crippen LogP contribution < -0.4 is 10.5 Å². The Kier molecular flexibility index (Phi) is 5.98. The van der Waals surface area contributed by atoms with Crippen molar-refractivity contribution in [2.75, 3.05) is 14.1 Å². The maximum absolute atomic E-state index is 14.7. The third-order valence-corrected chi connectivity index (χ3v) is 4.01. The summed E-state index contributed by atoms with van der Waals surface area (Å²) in [4.78, 5) is 13.2. The van der Waals surface area contributed by atoms with Crippen LogP contribution in [0.2, 0.25) is 5.02 Å². The summed E-state index contributed by atoms with van der Waals surface area (Å²) >= 11 is 6.03. The van der Waals surface area contributed by atoms with Crippen LogP contribution in [0.15, 0.2) is 30.3 Å². The number of carbonyl (C=O) groups is 1. The van der Waals surface area contributed by atoms with Gasteiger partial charge < -0.3 is 15.4 Å². The number of ether oxygens (including phenoxy) is 1. The number of hydrogen-bond acceptors (Lipinski definition) is 3. The second kappa shape index (κ2) is 7.80. The van der Waals surface area contributed by atoms with Crippen LogP contribution in [0.4, 0.5) is 8.78 Å². The maximum atomic E-state index is 14.7. The van der Waals surface area contributed by atoms with Crippen molar-refractivity contribution in [2.24, 2.45) is 5.73 Å². The molecule has 0 spiro atoms.